The maximum Gasteiger partial charge on any atom is 0.243 e. The lowest BCUT2D eigenvalue weighted by molar-refractivity contribution is -0.131. The van der Waals surface area contributed by atoms with E-state index in [9.17, 15) is 14.0 Å². The summed E-state index contributed by atoms with van der Waals surface area (Å²) in [6, 6.07) is 11.6. The number of ether oxygens (including phenoxy) is 2. The van der Waals surface area contributed by atoms with Crippen LogP contribution >= 0.6 is 0 Å². The molecule has 0 aromatic heterocycles. The molecular formula is C20H21FN2O4. The van der Waals surface area contributed by atoms with Crippen LogP contribution in [-0.4, -0.2) is 36.9 Å². The first-order valence-electron chi connectivity index (χ1n) is 8.68. The SMILES string of the molecule is COc1ccc(COc2cccc(NC(=O)CN3CCCC3=O)c2)cc1F. The molecule has 0 spiro atoms. The first kappa shape index (κ1) is 18.7. The second-order valence-corrected chi connectivity index (χ2v) is 6.25. The molecule has 142 valence electrons. The molecule has 1 heterocycles. The number of carbonyl (C=O) groups excluding carboxylic acids is 2. The van der Waals surface area contributed by atoms with Gasteiger partial charge in [0.05, 0.1) is 13.7 Å². The van der Waals surface area contributed by atoms with Gasteiger partial charge >= 0.3 is 0 Å². The van der Waals surface area contributed by atoms with Crippen molar-refractivity contribution in [1.82, 2.24) is 4.90 Å². The van der Waals surface area contributed by atoms with Crippen LogP contribution in [0.1, 0.15) is 18.4 Å². The Hall–Kier alpha value is -3.09. The average molecular weight is 372 g/mol. The predicted octanol–water partition coefficient (Wildman–Crippen LogP) is 2.97. The maximum absolute atomic E-state index is 13.7. The molecular weight excluding hydrogens is 351 g/mol. The Kier molecular flexibility index (Phi) is 5.90. The van der Waals surface area contributed by atoms with E-state index in [0.29, 0.717) is 30.0 Å². The Bertz CT molecular complexity index is 840. The smallest absolute Gasteiger partial charge is 0.243 e. The molecule has 6 nitrogen and oxygen atoms in total. The highest BCUT2D eigenvalue weighted by atomic mass is 19.1. The van der Waals surface area contributed by atoms with E-state index in [1.165, 1.54) is 13.2 Å². The fourth-order valence-electron chi connectivity index (χ4n) is 2.88. The predicted molar refractivity (Wildman–Crippen MR) is 98.2 cm³/mol. The largest absolute Gasteiger partial charge is 0.494 e. The minimum atomic E-state index is -0.448. The monoisotopic (exact) mass is 372 g/mol. The normalized spacial score (nSPS) is 13.6. The Labute approximate surface area is 156 Å². The molecule has 2 aromatic rings. The molecule has 2 aromatic carbocycles. The summed E-state index contributed by atoms with van der Waals surface area (Å²) in [6.45, 7) is 0.851. The summed E-state index contributed by atoms with van der Waals surface area (Å²) in [5, 5.41) is 2.76. The van der Waals surface area contributed by atoms with Gasteiger partial charge in [-0.05, 0) is 36.2 Å². The van der Waals surface area contributed by atoms with Crippen LogP contribution in [0, 0.1) is 5.82 Å². The summed E-state index contributed by atoms with van der Waals surface area (Å²) in [4.78, 5) is 25.2. The summed E-state index contributed by atoms with van der Waals surface area (Å²) in [6.07, 6.45) is 1.30. The van der Waals surface area contributed by atoms with Gasteiger partial charge in [0.1, 0.15) is 12.4 Å². The number of nitrogens with one attached hydrogen (secondary N) is 1. The van der Waals surface area contributed by atoms with Crippen LogP contribution in [0.5, 0.6) is 11.5 Å². The molecule has 0 radical (unpaired) electrons. The van der Waals surface area contributed by atoms with Gasteiger partial charge in [0.2, 0.25) is 11.8 Å². The highest BCUT2D eigenvalue weighted by Crippen LogP contribution is 2.21. The van der Waals surface area contributed by atoms with Gasteiger partial charge in [-0.25, -0.2) is 4.39 Å². The fourth-order valence-corrected chi connectivity index (χ4v) is 2.88. The second-order valence-electron chi connectivity index (χ2n) is 6.25. The minimum Gasteiger partial charge on any atom is -0.494 e. The minimum absolute atomic E-state index is 0.00829. The van der Waals surface area contributed by atoms with E-state index in [0.717, 1.165) is 6.42 Å². The van der Waals surface area contributed by atoms with Gasteiger partial charge in [0, 0.05) is 24.7 Å². The van der Waals surface area contributed by atoms with Crippen molar-refractivity contribution in [2.45, 2.75) is 19.4 Å². The van der Waals surface area contributed by atoms with Gasteiger partial charge in [0.25, 0.3) is 0 Å². The molecule has 0 saturated carbocycles. The van der Waals surface area contributed by atoms with E-state index in [2.05, 4.69) is 5.32 Å². The van der Waals surface area contributed by atoms with Gasteiger partial charge in [-0.1, -0.05) is 12.1 Å². The number of rotatable bonds is 7. The van der Waals surface area contributed by atoms with Crippen molar-refractivity contribution in [3.63, 3.8) is 0 Å². The summed E-state index contributed by atoms with van der Waals surface area (Å²) in [5.41, 5.74) is 1.24. The summed E-state index contributed by atoms with van der Waals surface area (Å²) < 4.78 is 24.3. The van der Waals surface area contributed by atoms with Gasteiger partial charge < -0.3 is 19.7 Å². The number of carbonyl (C=O) groups is 2. The molecule has 0 aliphatic carbocycles. The van der Waals surface area contributed by atoms with Crippen LogP contribution in [0.2, 0.25) is 0 Å². The molecule has 3 rings (SSSR count). The van der Waals surface area contributed by atoms with Crippen LogP contribution in [0.3, 0.4) is 0 Å². The van der Waals surface area contributed by atoms with E-state index < -0.39 is 5.82 Å². The molecule has 1 saturated heterocycles. The zero-order chi connectivity index (χ0) is 19.2. The maximum atomic E-state index is 13.7. The molecule has 1 N–H and O–H groups in total. The molecule has 0 unspecified atom stereocenters. The summed E-state index contributed by atoms with van der Waals surface area (Å²) in [5.74, 6) is 0.0332. The quantitative estimate of drug-likeness (QED) is 0.811. The molecule has 27 heavy (non-hydrogen) atoms. The number of anilines is 1. The van der Waals surface area contributed by atoms with Crippen molar-refractivity contribution < 1.29 is 23.5 Å². The molecule has 2 amide bonds. The standard InChI is InChI=1S/C20H21FN2O4/c1-26-18-8-7-14(10-17(18)21)13-27-16-5-2-4-15(11-16)22-19(24)12-23-9-3-6-20(23)25/h2,4-5,7-8,10-11H,3,6,9,12-13H2,1H3,(H,22,24). The van der Waals surface area contributed by atoms with Gasteiger partial charge in [-0.2, -0.15) is 0 Å². The summed E-state index contributed by atoms with van der Waals surface area (Å²) in [7, 11) is 1.41. The lowest BCUT2D eigenvalue weighted by Crippen LogP contribution is -2.33. The second kappa shape index (κ2) is 8.53. The van der Waals surface area contributed by atoms with Crippen LogP contribution in [0.15, 0.2) is 42.5 Å². The first-order chi connectivity index (χ1) is 13.0. The summed E-state index contributed by atoms with van der Waals surface area (Å²) >= 11 is 0. The Morgan fingerprint density at radius 1 is 1.26 bits per heavy atom. The molecule has 1 aliphatic heterocycles. The number of benzene rings is 2. The van der Waals surface area contributed by atoms with Crippen molar-refractivity contribution in [3.8, 4) is 11.5 Å². The topological polar surface area (TPSA) is 67.9 Å². The van der Waals surface area contributed by atoms with Crippen molar-refractivity contribution in [2.24, 2.45) is 0 Å². The number of likely N-dealkylation sites (tertiary alicyclic amines) is 1. The number of hydrogen-bond donors (Lipinski definition) is 1. The molecule has 1 fully saturated rings. The van der Waals surface area contributed by atoms with Crippen LogP contribution < -0.4 is 14.8 Å². The number of halogens is 1. The van der Waals surface area contributed by atoms with Crippen molar-refractivity contribution in [1.29, 1.82) is 0 Å². The van der Waals surface area contributed by atoms with Gasteiger partial charge in [0.15, 0.2) is 11.6 Å². The van der Waals surface area contributed by atoms with E-state index in [1.54, 1.807) is 41.3 Å². The highest BCUT2D eigenvalue weighted by molar-refractivity contribution is 5.95. The lowest BCUT2D eigenvalue weighted by atomic mass is 10.2. The van der Waals surface area contributed by atoms with Crippen LogP contribution in [-0.2, 0) is 16.2 Å². The third-order valence-corrected chi connectivity index (χ3v) is 4.25. The molecule has 0 bridgehead atoms. The van der Waals surface area contributed by atoms with Gasteiger partial charge in [-0.15, -0.1) is 0 Å². The molecule has 1 aliphatic rings. The van der Waals surface area contributed by atoms with E-state index in [1.807, 2.05) is 0 Å². The van der Waals surface area contributed by atoms with Crippen LogP contribution in [0.25, 0.3) is 0 Å². The number of amides is 2. The third-order valence-electron chi connectivity index (χ3n) is 4.25. The Balaban J connectivity index is 1.56. The number of hydrogen-bond acceptors (Lipinski definition) is 4. The average Bonchev–Trinajstić information content (AvgIpc) is 3.05. The number of nitrogens with zero attached hydrogens (tertiary/aromatic N) is 1. The Morgan fingerprint density at radius 3 is 2.81 bits per heavy atom. The van der Waals surface area contributed by atoms with E-state index >= 15 is 0 Å². The molecule has 0 atom stereocenters. The van der Waals surface area contributed by atoms with Crippen LogP contribution in [0.4, 0.5) is 10.1 Å². The Morgan fingerprint density at radius 2 is 2.11 bits per heavy atom. The van der Waals surface area contributed by atoms with E-state index in [4.69, 9.17) is 9.47 Å². The third kappa shape index (κ3) is 4.97. The molecule has 7 heteroatoms. The van der Waals surface area contributed by atoms with Gasteiger partial charge in [-0.3, -0.25) is 9.59 Å². The highest BCUT2D eigenvalue weighted by Gasteiger charge is 2.22. The fraction of sp³-hybridized carbons (Fsp3) is 0.300. The van der Waals surface area contributed by atoms with E-state index in [-0.39, 0.29) is 30.7 Å². The zero-order valence-electron chi connectivity index (χ0n) is 15.0. The van der Waals surface area contributed by atoms with Crippen molar-refractivity contribution in [3.05, 3.63) is 53.8 Å². The van der Waals surface area contributed by atoms with Crippen molar-refractivity contribution in [2.75, 3.05) is 25.5 Å². The first-order valence-corrected chi connectivity index (χ1v) is 8.68. The lowest BCUT2D eigenvalue weighted by Gasteiger charge is -2.15. The van der Waals surface area contributed by atoms with Crippen molar-refractivity contribution >= 4 is 17.5 Å². The zero-order valence-corrected chi connectivity index (χ0v) is 15.0. The number of methoxy groups -OCH3 is 1.